The van der Waals surface area contributed by atoms with Gasteiger partial charge in [-0.25, -0.2) is 14.4 Å². The highest BCUT2D eigenvalue weighted by atomic mass is 19.1. The molecule has 1 aromatic heterocycles. The largest absolute Gasteiger partial charge is 0.494 e. The lowest BCUT2D eigenvalue weighted by atomic mass is 9.88. The first-order valence-corrected chi connectivity index (χ1v) is 11.8. The summed E-state index contributed by atoms with van der Waals surface area (Å²) in [5.74, 6) is 2.38. The lowest BCUT2D eigenvalue weighted by Crippen LogP contribution is -2.47. The van der Waals surface area contributed by atoms with Crippen LogP contribution in [0.4, 0.5) is 10.3 Å². The monoisotopic (exact) mass is 442 g/mol. The Morgan fingerprint density at radius 3 is 2.59 bits per heavy atom. The number of methoxy groups -OCH3 is 1. The van der Waals surface area contributed by atoms with E-state index in [0.29, 0.717) is 23.5 Å². The van der Waals surface area contributed by atoms with Crippen molar-refractivity contribution in [3.63, 3.8) is 0 Å². The summed E-state index contributed by atoms with van der Waals surface area (Å²) < 4.78 is 18.9. The highest BCUT2D eigenvalue weighted by Gasteiger charge is 2.28. The molecule has 1 N–H and O–H groups in total. The molecule has 0 unspecified atom stereocenters. The van der Waals surface area contributed by atoms with Crippen molar-refractivity contribution in [3.8, 4) is 5.75 Å². The van der Waals surface area contributed by atoms with Crippen LogP contribution in [0, 0.1) is 11.7 Å². The van der Waals surface area contributed by atoms with E-state index in [-0.39, 0.29) is 12.4 Å². The molecule has 2 aliphatic rings. The van der Waals surface area contributed by atoms with Crippen molar-refractivity contribution in [2.75, 3.05) is 51.3 Å². The molecule has 0 spiro atoms. The molecule has 4 rings (SSSR count). The first-order valence-electron chi connectivity index (χ1n) is 11.8. The molecule has 7 heteroatoms. The van der Waals surface area contributed by atoms with Crippen molar-refractivity contribution in [2.24, 2.45) is 5.92 Å². The smallest absolute Gasteiger partial charge is 0.225 e. The predicted molar refractivity (Wildman–Crippen MR) is 124 cm³/mol. The van der Waals surface area contributed by atoms with Crippen LogP contribution in [-0.4, -0.2) is 66.4 Å². The van der Waals surface area contributed by atoms with Crippen LogP contribution in [0.5, 0.6) is 5.75 Å². The van der Waals surface area contributed by atoms with Gasteiger partial charge in [0.25, 0.3) is 0 Å². The molecule has 2 fully saturated rings. The number of β-amino-alcohol motifs (C(OH)–C–C–N with tert-alkyl or cyclic N) is 1. The fraction of sp³-hybridized carbons (Fsp3) is 0.600. The van der Waals surface area contributed by atoms with Crippen molar-refractivity contribution in [1.82, 2.24) is 14.9 Å². The summed E-state index contributed by atoms with van der Waals surface area (Å²) in [6.45, 7) is 6.85. The van der Waals surface area contributed by atoms with Crippen molar-refractivity contribution in [1.29, 1.82) is 0 Å². The molecule has 3 atom stereocenters. The summed E-state index contributed by atoms with van der Waals surface area (Å²) in [4.78, 5) is 13.9. The van der Waals surface area contributed by atoms with Gasteiger partial charge in [0.15, 0.2) is 11.6 Å². The second kappa shape index (κ2) is 10.6. The van der Waals surface area contributed by atoms with Crippen LogP contribution in [0.25, 0.3) is 0 Å². The minimum Gasteiger partial charge on any atom is -0.494 e. The number of anilines is 1. The summed E-state index contributed by atoms with van der Waals surface area (Å²) in [5, 5.41) is 9.09. The number of aliphatic hydroxyl groups excluding tert-OH is 1. The van der Waals surface area contributed by atoms with Crippen molar-refractivity contribution < 1.29 is 14.2 Å². The van der Waals surface area contributed by atoms with Gasteiger partial charge in [0.2, 0.25) is 5.95 Å². The predicted octanol–water partition coefficient (Wildman–Crippen LogP) is 3.82. The van der Waals surface area contributed by atoms with E-state index in [9.17, 15) is 4.39 Å². The van der Waals surface area contributed by atoms with Gasteiger partial charge in [-0.1, -0.05) is 13.0 Å². The number of nitrogens with zero attached hydrogens (tertiary/aromatic N) is 4. The number of halogens is 1. The minimum atomic E-state index is -0.306. The maximum absolute atomic E-state index is 13.7. The topological polar surface area (TPSA) is 61.7 Å². The molecule has 174 valence electrons. The summed E-state index contributed by atoms with van der Waals surface area (Å²) in [6.07, 6.45) is 8.68. The van der Waals surface area contributed by atoms with E-state index in [1.165, 1.54) is 31.6 Å². The second-order valence-corrected chi connectivity index (χ2v) is 9.28. The van der Waals surface area contributed by atoms with Crippen LogP contribution in [0.2, 0.25) is 0 Å². The van der Waals surface area contributed by atoms with Gasteiger partial charge in [0.1, 0.15) is 0 Å². The Morgan fingerprint density at radius 1 is 1.16 bits per heavy atom. The Morgan fingerprint density at radius 2 is 1.91 bits per heavy atom. The average molecular weight is 443 g/mol. The van der Waals surface area contributed by atoms with Gasteiger partial charge in [0.05, 0.1) is 13.7 Å². The highest BCUT2D eigenvalue weighted by Crippen LogP contribution is 2.42. The van der Waals surface area contributed by atoms with Gasteiger partial charge in [-0.2, -0.15) is 0 Å². The maximum Gasteiger partial charge on any atom is 0.225 e. The molecule has 1 aliphatic carbocycles. The highest BCUT2D eigenvalue weighted by molar-refractivity contribution is 5.33. The molecular formula is C25H35FN4O2. The molecule has 1 aliphatic heterocycles. The number of aliphatic hydroxyl groups is 1. The number of rotatable bonds is 8. The van der Waals surface area contributed by atoms with Crippen LogP contribution >= 0.6 is 0 Å². The van der Waals surface area contributed by atoms with Crippen LogP contribution in [-0.2, 0) is 0 Å². The van der Waals surface area contributed by atoms with Gasteiger partial charge >= 0.3 is 0 Å². The number of benzene rings is 1. The quantitative estimate of drug-likeness (QED) is 0.671. The Hall–Kier alpha value is -2.25. The molecule has 6 nitrogen and oxygen atoms in total. The second-order valence-electron chi connectivity index (χ2n) is 9.28. The van der Waals surface area contributed by atoms with Crippen LogP contribution in [0.3, 0.4) is 0 Å². The normalized spacial score (nSPS) is 22.8. The fourth-order valence-corrected chi connectivity index (χ4v) is 5.23. The third kappa shape index (κ3) is 5.38. The van der Waals surface area contributed by atoms with E-state index in [0.717, 1.165) is 57.1 Å². The van der Waals surface area contributed by atoms with E-state index in [1.54, 1.807) is 0 Å². The van der Waals surface area contributed by atoms with E-state index < -0.39 is 0 Å². The third-order valence-electron chi connectivity index (χ3n) is 7.17. The third-order valence-corrected chi connectivity index (χ3v) is 7.17. The standard InChI is InChI=1S/C25H35FN4O2/c1-18(20-5-6-23(26)24(15-20)32-2)13-19-3-4-21(14-19)22-16-27-25(28-17-22)30-9-7-29(8-10-30)11-12-31/h5-6,15-19,21,31H,3-4,7-14H2,1-2H3/t18-,19+,21+/m0/s1. The number of piperazine rings is 1. The zero-order valence-corrected chi connectivity index (χ0v) is 19.2. The Kier molecular flexibility index (Phi) is 7.58. The first-order chi connectivity index (χ1) is 15.6. The van der Waals surface area contributed by atoms with E-state index in [1.807, 2.05) is 24.5 Å². The molecular weight excluding hydrogens is 407 g/mol. The number of hydrogen-bond donors (Lipinski definition) is 1. The molecule has 1 aromatic carbocycles. The average Bonchev–Trinajstić information content (AvgIpc) is 3.28. The number of aromatic nitrogens is 2. The molecule has 2 heterocycles. The molecule has 2 aromatic rings. The fourth-order valence-electron chi connectivity index (χ4n) is 5.23. The Labute approximate surface area is 190 Å². The number of ether oxygens (including phenoxy) is 1. The molecule has 0 bridgehead atoms. The lowest BCUT2D eigenvalue weighted by molar-refractivity contribution is 0.188. The van der Waals surface area contributed by atoms with E-state index >= 15 is 0 Å². The van der Waals surface area contributed by atoms with Crippen LogP contribution < -0.4 is 9.64 Å². The molecule has 0 radical (unpaired) electrons. The summed E-state index contributed by atoms with van der Waals surface area (Å²) in [5.41, 5.74) is 2.38. The summed E-state index contributed by atoms with van der Waals surface area (Å²) in [6, 6.07) is 5.22. The van der Waals surface area contributed by atoms with Crippen molar-refractivity contribution >= 4 is 5.95 Å². The molecule has 0 amide bonds. The Bertz CT molecular complexity index is 871. The van der Waals surface area contributed by atoms with Crippen molar-refractivity contribution in [2.45, 2.75) is 44.4 Å². The zero-order valence-electron chi connectivity index (χ0n) is 19.2. The van der Waals surface area contributed by atoms with Gasteiger partial charge in [-0.05, 0) is 66.7 Å². The molecule has 32 heavy (non-hydrogen) atoms. The molecule has 1 saturated heterocycles. The van der Waals surface area contributed by atoms with Gasteiger partial charge in [-0.3, -0.25) is 4.90 Å². The van der Waals surface area contributed by atoms with Gasteiger partial charge in [-0.15, -0.1) is 0 Å². The first kappa shape index (κ1) is 22.9. The van der Waals surface area contributed by atoms with Gasteiger partial charge in [0, 0.05) is 45.1 Å². The summed E-state index contributed by atoms with van der Waals surface area (Å²) in [7, 11) is 1.51. The van der Waals surface area contributed by atoms with Crippen LogP contribution in [0.15, 0.2) is 30.6 Å². The summed E-state index contributed by atoms with van der Waals surface area (Å²) >= 11 is 0. The van der Waals surface area contributed by atoms with E-state index in [4.69, 9.17) is 9.84 Å². The van der Waals surface area contributed by atoms with Crippen molar-refractivity contribution in [3.05, 3.63) is 47.5 Å². The minimum absolute atomic E-state index is 0.213. The van der Waals surface area contributed by atoms with E-state index in [2.05, 4.69) is 26.7 Å². The number of hydrogen-bond acceptors (Lipinski definition) is 6. The SMILES string of the molecule is COc1cc([C@@H](C)C[C@H]2CC[C@@H](c3cnc(N4CCN(CCO)CC4)nc3)C2)ccc1F. The maximum atomic E-state index is 13.7. The lowest BCUT2D eigenvalue weighted by Gasteiger charge is -2.34. The van der Waals surface area contributed by atoms with Crippen LogP contribution in [0.1, 0.15) is 55.6 Å². The van der Waals surface area contributed by atoms with Gasteiger partial charge < -0.3 is 14.7 Å². The zero-order chi connectivity index (χ0) is 22.5. The Balaban J connectivity index is 1.30. The molecule has 1 saturated carbocycles.